The zero-order chi connectivity index (χ0) is 25.2. The predicted molar refractivity (Wildman–Crippen MR) is 156 cm³/mol. The Morgan fingerprint density at radius 2 is 1.62 bits per heavy atom. The number of aromatic nitrogens is 2. The lowest BCUT2D eigenvalue weighted by Crippen LogP contribution is -2.14. The number of nitrogens with one attached hydrogen (secondary N) is 2. The van der Waals surface area contributed by atoms with Crippen LogP contribution in [0.2, 0.25) is 0 Å². The first-order valence-corrected chi connectivity index (χ1v) is 13.2. The van der Waals surface area contributed by atoms with Crippen molar-refractivity contribution >= 4 is 34.2 Å². The van der Waals surface area contributed by atoms with Crippen LogP contribution in [0.3, 0.4) is 0 Å². The maximum Gasteiger partial charge on any atom is 0.128 e. The summed E-state index contributed by atoms with van der Waals surface area (Å²) in [7, 11) is 1.69. The van der Waals surface area contributed by atoms with Gasteiger partial charge in [0.1, 0.15) is 16.4 Å². The molecule has 6 heteroatoms. The summed E-state index contributed by atoms with van der Waals surface area (Å²) < 4.78 is 10.1. The van der Waals surface area contributed by atoms with Crippen LogP contribution in [0.4, 0.5) is 11.4 Å². The molecular formula is C31H30N4OS. The highest BCUT2D eigenvalue weighted by Crippen LogP contribution is 2.38. The van der Waals surface area contributed by atoms with Gasteiger partial charge in [-0.05, 0) is 61.2 Å². The third-order valence-electron chi connectivity index (χ3n) is 7.09. The van der Waals surface area contributed by atoms with Crippen LogP contribution in [0.25, 0.3) is 16.8 Å². The van der Waals surface area contributed by atoms with Crippen LogP contribution in [-0.4, -0.2) is 21.1 Å². The topological polar surface area (TPSA) is 42.6 Å². The number of hydrogen-bond donors (Lipinski definition) is 2. The number of ether oxygens (including phenoxy) is 1. The minimum absolute atomic E-state index is 0.729. The van der Waals surface area contributed by atoms with Crippen molar-refractivity contribution in [2.24, 2.45) is 0 Å². The molecule has 0 unspecified atom stereocenters. The van der Waals surface area contributed by atoms with Gasteiger partial charge in [0.2, 0.25) is 0 Å². The van der Waals surface area contributed by atoms with E-state index in [9.17, 15) is 0 Å². The average Bonchev–Trinajstić information content (AvgIpc) is 3.35. The molecule has 0 fully saturated rings. The van der Waals surface area contributed by atoms with Crippen LogP contribution in [0.5, 0.6) is 5.75 Å². The van der Waals surface area contributed by atoms with E-state index in [-0.39, 0.29) is 0 Å². The van der Waals surface area contributed by atoms with Gasteiger partial charge in [-0.1, -0.05) is 60.7 Å². The lowest BCUT2D eigenvalue weighted by atomic mass is 9.98. The number of anilines is 2. The molecule has 37 heavy (non-hydrogen) atoms. The Kier molecular flexibility index (Phi) is 6.41. The van der Waals surface area contributed by atoms with Crippen LogP contribution in [-0.2, 0) is 19.5 Å². The van der Waals surface area contributed by atoms with Crippen molar-refractivity contribution in [2.75, 3.05) is 17.7 Å². The Hall–Kier alpha value is -4.03. The molecule has 3 heterocycles. The van der Waals surface area contributed by atoms with Gasteiger partial charge in [-0.25, -0.2) is 0 Å². The third kappa shape index (κ3) is 4.49. The number of methoxy groups -OCH3 is 1. The Morgan fingerprint density at radius 3 is 2.35 bits per heavy atom. The summed E-state index contributed by atoms with van der Waals surface area (Å²) in [4.78, 5) is 0.735. The fourth-order valence-corrected chi connectivity index (χ4v) is 5.67. The monoisotopic (exact) mass is 506 g/mol. The second-order valence-electron chi connectivity index (χ2n) is 9.39. The molecule has 0 spiro atoms. The van der Waals surface area contributed by atoms with Crippen molar-refractivity contribution in [2.45, 2.75) is 32.4 Å². The van der Waals surface area contributed by atoms with Crippen molar-refractivity contribution in [3.63, 3.8) is 0 Å². The van der Waals surface area contributed by atoms with E-state index in [4.69, 9.17) is 17.0 Å². The average molecular weight is 507 g/mol. The normalized spacial score (nSPS) is 12.8. The SMILES string of the molecule is COc1ccc(NCc2cn3c(C(=S)Nc4ccccc4)c(-c4ccccc4)c4c3n2CCCC4)cc1. The number of hydrogen-bond acceptors (Lipinski definition) is 3. The molecule has 1 aliphatic rings. The summed E-state index contributed by atoms with van der Waals surface area (Å²) in [5.41, 5.74) is 9.46. The molecule has 2 N–H and O–H groups in total. The number of imidazole rings is 1. The molecular weight excluding hydrogens is 476 g/mol. The summed E-state index contributed by atoms with van der Waals surface area (Å²) in [5.74, 6) is 0.858. The third-order valence-corrected chi connectivity index (χ3v) is 7.38. The fraction of sp³-hybridized carbons (Fsp3) is 0.194. The van der Waals surface area contributed by atoms with E-state index in [1.54, 1.807) is 7.11 Å². The molecule has 0 bridgehead atoms. The van der Waals surface area contributed by atoms with Crippen molar-refractivity contribution < 1.29 is 4.74 Å². The summed E-state index contributed by atoms with van der Waals surface area (Å²) >= 11 is 6.08. The van der Waals surface area contributed by atoms with Gasteiger partial charge >= 0.3 is 0 Å². The highest BCUT2D eigenvalue weighted by atomic mass is 32.1. The molecule has 0 aliphatic carbocycles. The highest BCUT2D eigenvalue weighted by Gasteiger charge is 2.27. The molecule has 0 saturated heterocycles. The first kappa shape index (κ1) is 23.4. The van der Waals surface area contributed by atoms with Crippen molar-refractivity contribution in [3.8, 4) is 16.9 Å². The number of benzene rings is 3. The molecule has 5 nitrogen and oxygen atoms in total. The largest absolute Gasteiger partial charge is 0.497 e. The van der Waals surface area contributed by atoms with Gasteiger partial charge in [0.05, 0.1) is 25.0 Å². The second-order valence-corrected chi connectivity index (χ2v) is 9.80. The molecule has 0 radical (unpaired) electrons. The maximum absolute atomic E-state index is 6.08. The van der Waals surface area contributed by atoms with Gasteiger partial charge in [-0.15, -0.1) is 0 Å². The Bertz CT molecular complexity index is 1540. The van der Waals surface area contributed by atoms with Gasteiger partial charge < -0.3 is 19.9 Å². The number of nitrogens with zero attached hydrogens (tertiary/aromatic N) is 2. The van der Waals surface area contributed by atoms with E-state index in [0.717, 1.165) is 60.2 Å². The molecule has 2 aromatic heterocycles. The van der Waals surface area contributed by atoms with Crippen LogP contribution in [0.15, 0.2) is 91.1 Å². The van der Waals surface area contributed by atoms with Crippen LogP contribution < -0.4 is 15.4 Å². The van der Waals surface area contributed by atoms with E-state index < -0.39 is 0 Å². The molecule has 5 aromatic rings. The lowest BCUT2D eigenvalue weighted by Gasteiger charge is -2.12. The van der Waals surface area contributed by atoms with E-state index in [0.29, 0.717) is 0 Å². The minimum atomic E-state index is 0.729. The Balaban J connectivity index is 1.46. The zero-order valence-electron chi connectivity index (χ0n) is 20.9. The van der Waals surface area contributed by atoms with E-state index >= 15 is 0 Å². The van der Waals surface area contributed by atoms with Crippen LogP contribution >= 0.6 is 12.2 Å². The molecule has 0 amide bonds. The Labute approximate surface area is 222 Å². The maximum atomic E-state index is 6.08. The van der Waals surface area contributed by atoms with Crippen molar-refractivity contribution in [3.05, 3.63) is 108 Å². The number of aryl methyl sites for hydroxylation is 2. The quantitative estimate of drug-likeness (QED) is 0.230. The van der Waals surface area contributed by atoms with Gasteiger partial charge in [0.25, 0.3) is 0 Å². The molecule has 1 aliphatic heterocycles. The second kappa shape index (κ2) is 10.1. The fourth-order valence-electron chi connectivity index (χ4n) is 5.35. The summed E-state index contributed by atoms with van der Waals surface area (Å²) in [6.07, 6.45) is 5.62. The molecule has 186 valence electrons. The van der Waals surface area contributed by atoms with Gasteiger partial charge in [0.15, 0.2) is 0 Å². The standard InChI is InChI=1S/C31H30N4OS/c1-36-26-17-15-23(16-18-26)32-20-25-21-35-29(30(37)33-24-12-6-3-7-13-24)28(22-10-4-2-5-11-22)27-14-8-9-19-34(25)31(27)35/h2-7,10-13,15-18,21,32H,8-9,14,19-20H2,1H3,(H,33,37). The smallest absolute Gasteiger partial charge is 0.128 e. The first-order valence-electron chi connectivity index (χ1n) is 12.8. The molecule has 0 saturated carbocycles. The van der Waals surface area contributed by atoms with Gasteiger partial charge in [-0.3, -0.25) is 4.40 Å². The van der Waals surface area contributed by atoms with E-state index in [1.807, 2.05) is 30.3 Å². The van der Waals surface area contributed by atoms with Gasteiger partial charge in [-0.2, -0.15) is 0 Å². The highest BCUT2D eigenvalue weighted by molar-refractivity contribution is 7.81. The van der Waals surface area contributed by atoms with E-state index in [2.05, 4.69) is 80.4 Å². The van der Waals surface area contributed by atoms with Crippen molar-refractivity contribution in [1.29, 1.82) is 0 Å². The summed E-state index contributed by atoms with van der Waals surface area (Å²) in [6, 6.07) is 28.9. The number of para-hydroxylation sites is 1. The van der Waals surface area contributed by atoms with Crippen molar-refractivity contribution in [1.82, 2.24) is 8.97 Å². The number of thiocarbonyl (C=S) groups is 1. The summed E-state index contributed by atoms with van der Waals surface area (Å²) in [6.45, 7) is 1.73. The first-order chi connectivity index (χ1) is 18.2. The number of rotatable bonds is 7. The zero-order valence-corrected chi connectivity index (χ0v) is 21.7. The molecule has 3 aromatic carbocycles. The minimum Gasteiger partial charge on any atom is -0.497 e. The molecule has 0 atom stereocenters. The lowest BCUT2D eigenvalue weighted by molar-refractivity contribution is 0.415. The van der Waals surface area contributed by atoms with E-state index in [1.165, 1.54) is 28.0 Å². The van der Waals surface area contributed by atoms with Crippen LogP contribution in [0.1, 0.15) is 29.8 Å². The van der Waals surface area contributed by atoms with Crippen LogP contribution in [0, 0.1) is 0 Å². The van der Waals surface area contributed by atoms with Gasteiger partial charge in [0, 0.05) is 35.2 Å². The Morgan fingerprint density at radius 1 is 0.892 bits per heavy atom. The predicted octanol–water partition coefficient (Wildman–Crippen LogP) is 7.15. The summed E-state index contributed by atoms with van der Waals surface area (Å²) in [5, 5.41) is 7.10. The molecule has 6 rings (SSSR count).